The van der Waals surface area contributed by atoms with Gasteiger partial charge >= 0.3 is 0 Å². The van der Waals surface area contributed by atoms with E-state index in [1.165, 1.54) is 71.9 Å². The molecule has 2 aliphatic heterocycles. The first kappa shape index (κ1) is 35.8. The maximum atomic E-state index is 6.57. The van der Waals surface area contributed by atoms with Gasteiger partial charge in [0.05, 0.1) is 38.6 Å². The van der Waals surface area contributed by atoms with Crippen molar-refractivity contribution in [1.82, 2.24) is 0 Å². The third kappa shape index (κ3) is 9.50. The molecule has 252 valence electrons. The van der Waals surface area contributed by atoms with Crippen LogP contribution in [0.2, 0.25) is 0 Å². The molecule has 2 saturated heterocycles. The summed E-state index contributed by atoms with van der Waals surface area (Å²) in [5.74, 6) is 3.62. The van der Waals surface area contributed by atoms with Gasteiger partial charge in [-0.2, -0.15) is 0 Å². The average molecular weight is 621 g/mol. The van der Waals surface area contributed by atoms with Crippen LogP contribution in [0.25, 0.3) is 0 Å². The number of hydrogen-bond donors (Lipinski definition) is 0. The molecule has 4 unspecified atom stereocenters. The van der Waals surface area contributed by atoms with Gasteiger partial charge in [-0.3, -0.25) is 0 Å². The largest absolute Gasteiger partial charge is 0.493 e. The maximum Gasteiger partial charge on any atom is 0.125 e. The van der Waals surface area contributed by atoms with Crippen molar-refractivity contribution in [3.63, 3.8) is 0 Å². The molecule has 4 rings (SSSR count). The number of epoxide rings is 2. The second-order valence-corrected chi connectivity index (χ2v) is 14.1. The van der Waals surface area contributed by atoms with E-state index in [2.05, 4.69) is 79.7 Å². The van der Waals surface area contributed by atoms with E-state index < -0.39 is 0 Å². The highest BCUT2D eigenvalue weighted by molar-refractivity contribution is 5.53. The predicted molar refractivity (Wildman–Crippen MR) is 188 cm³/mol. The van der Waals surface area contributed by atoms with Crippen LogP contribution in [0.15, 0.2) is 24.3 Å². The van der Waals surface area contributed by atoms with E-state index in [0.29, 0.717) is 24.0 Å². The Balaban J connectivity index is 1.48. The minimum absolute atomic E-state index is 0.131. The molecular formula is C41H64O4. The first-order valence-electron chi connectivity index (χ1n) is 18.6. The van der Waals surface area contributed by atoms with Crippen molar-refractivity contribution in [2.75, 3.05) is 26.4 Å². The number of benzene rings is 2. The highest BCUT2D eigenvalue weighted by atomic mass is 16.6. The molecule has 45 heavy (non-hydrogen) atoms. The van der Waals surface area contributed by atoms with E-state index in [9.17, 15) is 0 Å². The molecule has 2 fully saturated rings. The van der Waals surface area contributed by atoms with E-state index in [4.69, 9.17) is 18.9 Å². The molecule has 0 spiro atoms. The second kappa shape index (κ2) is 17.2. The molecule has 2 heterocycles. The summed E-state index contributed by atoms with van der Waals surface area (Å²) < 4.78 is 24.4. The Bertz CT molecular complexity index is 1050. The molecule has 4 atom stereocenters. The molecule has 4 nitrogen and oxygen atoms in total. The normalized spacial score (nSPS) is 18.9. The van der Waals surface area contributed by atoms with Gasteiger partial charge in [-0.25, -0.2) is 0 Å². The predicted octanol–water partition coefficient (Wildman–Crippen LogP) is 10.2. The summed E-state index contributed by atoms with van der Waals surface area (Å²) in [6, 6.07) is 9.68. The maximum absolute atomic E-state index is 6.57. The van der Waals surface area contributed by atoms with Gasteiger partial charge in [0.15, 0.2) is 0 Å². The molecule has 0 aliphatic carbocycles. The van der Waals surface area contributed by atoms with Gasteiger partial charge in [-0.1, -0.05) is 92.5 Å². The Kier molecular flexibility index (Phi) is 13.7. The minimum Gasteiger partial charge on any atom is -0.493 e. The van der Waals surface area contributed by atoms with E-state index >= 15 is 0 Å². The summed E-state index contributed by atoms with van der Waals surface area (Å²) in [4.78, 5) is 0. The van der Waals surface area contributed by atoms with Crippen LogP contribution in [0.4, 0.5) is 0 Å². The second-order valence-electron chi connectivity index (χ2n) is 14.1. The fourth-order valence-corrected chi connectivity index (χ4v) is 7.29. The Labute approximate surface area is 276 Å². The third-order valence-corrected chi connectivity index (χ3v) is 10.5. The molecule has 2 aliphatic rings. The lowest BCUT2D eigenvalue weighted by atomic mass is 9.75. The molecule has 0 saturated carbocycles. The van der Waals surface area contributed by atoms with Crippen molar-refractivity contribution in [3.8, 4) is 11.5 Å². The lowest BCUT2D eigenvalue weighted by molar-refractivity contribution is 0.256. The summed E-state index contributed by atoms with van der Waals surface area (Å²) in [6.07, 6.45) is 14.4. The van der Waals surface area contributed by atoms with Crippen LogP contribution in [0.5, 0.6) is 11.5 Å². The Morgan fingerprint density at radius 2 is 0.933 bits per heavy atom. The van der Waals surface area contributed by atoms with Gasteiger partial charge in [0.25, 0.3) is 0 Å². The molecular weight excluding hydrogens is 556 g/mol. The zero-order valence-electron chi connectivity index (χ0n) is 30.1. The number of aryl methyl sites for hydroxylation is 4. The summed E-state index contributed by atoms with van der Waals surface area (Å²) in [5, 5.41) is 0. The van der Waals surface area contributed by atoms with Crippen LogP contribution in [0.3, 0.4) is 0 Å². The molecule has 0 bridgehead atoms. The van der Waals surface area contributed by atoms with Crippen molar-refractivity contribution < 1.29 is 18.9 Å². The fraction of sp³-hybridized carbons (Fsp3) is 0.707. The highest BCUT2D eigenvalue weighted by Crippen LogP contribution is 2.40. The van der Waals surface area contributed by atoms with Crippen LogP contribution < -0.4 is 9.47 Å². The zero-order chi connectivity index (χ0) is 32.4. The Morgan fingerprint density at radius 3 is 1.20 bits per heavy atom. The summed E-state index contributed by atoms with van der Waals surface area (Å²) in [6.45, 7) is 21.9. The lowest BCUT2D eigenvalue weighted by Crippen LogP contribution is -2.21. The van der Waals surface area contributed by atoms with Crippen LogP contribution in [0.1, 0.15) is 140 Å². The molecule has 0 aromatic heterocycles. The van der Waals surface area contributed by atoms with Gasteiger partial charge in [0.2, 0.25) is 0 Å². The van der Waals surface area contributed by atoms with Crippen molar-refractivity contribution in [2.45, 2.75) is 150 Å². The first-order chi connectivity index (χ1) is 21.8. The molecule has 0 radical (unpaired) electrons. The van der Waals surface area contributed by atoms with E-state index in [0.717, 1.165) is 76.5 Å². The van der Waals surface area contributed by atoms with Gasteiger partial charge in [0, 0.05) is 5.41 Å². The minimum atomic E-state index is -0.131. The highest BCUT2D eigenvalue weighted by Gasteiger charge is 2.33. The Hall–Kier alpha value is -2.04. The zero-order valence-corrected chi connectivity index (χ0v) is 30.1. The smallest absolute Gasteiger partial charge is 0.125 e. The Morgan fingerprint density at radius 1 is 0.600 bits per heavy atom. The van der Waals surface area contributed by atoms with Crippen molar-refractivity contribution in [3.05, 3.63) is 57.6 Å². The van der Waals surface area contributed by atoms with Crippen molar-refractivity contribution in [1.29, 1.82) is 0 Å². The van der Waals surface area contributed by atoms with Crippen LogP contribution in [0, 0.1) is 11.8 Å². The van der Waals surface area contributed by atoms with Crippen molar-refractivity contribution >= 4 is 0 Å². The molecule has 2 aromatic carbocycles. The number of rotatable bonds is 22. The van der Waals surface area contributed by atoms with Gasteiger partial charge in [-0.15, -0.1) is 0 Å². The van der Waals surface area contributed by atoms with Gasteiger partial charge in [-0.05, 0) is 109 Å². The third-order valence-electron chi connectivity index (χ3n) is 10.5. The SMILES string of the molecule is CCCC(CCCOc1c(CC)cc(C(C)(C)c2cc(CC)c(OCCCC(CCC)C3CO3)c(CC)c2)cc1CC)C1CO1. The molecule has 0 N–H and O–H groups in total. The van der Waals surface area contributed by atoms with E-state index in [-0.39, 0.29) is 5.41 Å². The molecule has 4 heteroatoms. The van der Waals surface area contributed by atoms with Crippen LogP contribution in [-0.2, 0) is 40.6 Å². The first-order valence-corrected chi connectivity index (χ1v) is 18.6. The van der Waals surface area contributed by atoms with Crippen molar-refractivity contribution in [2.24, 2.45) is 11.8 Å². The molecule has 0 amide bonds. The van der Waals surface area contributed by atoms with E-state index in [1.807, 2.05) is 0 Å². The van der Waals surface area contributed by atoms with Crippen LogP contribution in [-0.4, -0.2) is 38.6 Å². The fourth-order valence-electron chi connectivity index (χ4n) is 7.29. The number of hydrogen-bond acceptors (Lipinski definition) is 4. The average Bonchev–Trinajstić information content (AvgIpc) is 3.97. The topological polar surface area (TPSA) is 43.5 Å². The van der Waals surface area contributed by atoms with Crippen LogP contribution >= 0.6 is 0 Å². The summed E-state index contributed by atoms with van der Waals surface area (Å²) in [7, 11) is 0. The van der Waals surface area contributed by atoms with Gasteiger partial charge < -0.3 is 18.9 Å². The monoisotopic (exact) mass is 620 g/mol. The number of ether oxygens (including phenoxy) is 4. The summed E-state index contributed by atoms with van der Waals surface area (Å²) in [5.41, 5.74) is 7.94. The van der Waals surface area contributed by atoms with E-state index in [1.54, 1.807) is 0 Å². The molecule has 2 aromatic rings. The van der Waals surface area contributed by atoms with Gasteiger partial charge in [0.1, 0.15) is 11.5 Å². The quantitative estimate of drug-likeness (QED) is 0.0970. The summed E-state index contributed by atoms with van der Waals surface area (Å²) >= 11 is 0. The lowest BCUT2D eigenvalue weighted by Gasteiger charge is -2.30. The standard InChI is InChI=1S/C41H64O4/c1-9-17-33(37-27-44-37)19-15-21-42-39-29(11-3)23-35(24-30(39)12-4)41(7,8)36-25-31(13-5)40(32(14-6)26-36)43-22-16-20-34(18-10-2)38-28-45-38/h23-26,33-34,37-38H,9-22,27-28H2,1-8H3.